The van der Waals surface area contributed by atoms with Crippen LogP contribution < -0.4 is 5.32 Å². The molecule has 5 nitrogen and oxygen atoms in total. The maximum absolute atomic E-state index is 12.6. The Morgan fingerprint density at radius 3 is 2.66 bits per heavy atom. The van der Waals surface area contributed by atoms with E-state index in [2.05, 4.69) is 88.1 Å². The van der Waals surface area contributed by atoms with Gasteiger partial charge in [0.2, 0.25) is 5.91 Å². The van der Waals surface area contributed by atoms with Gasteiger partial charge in [-0.25, -0.2) is 0 Å². The largest absolute Gasteiger partial charge is 0.326 e. The van der Waals surface area contributed by atoms with Gasteiger partial charge in [-0.15, -0.1) is 11.3 Å². The van der Waals surface area contributed by atoms with Gasteiger partial charge in [0.05, 0.1) is 17.6 Å². The molecule has 0 fully saturated rings. The number of aryl methyl sites for hydroxylation is 1. The summed E-state index contributed by atoms with van der Waals surface area (Å²) in [5, 5.41) is 13.7. The molecule has 0 aliphatic rings. The molecule has 0 aliphatic heterocycles. The number of carbonyl (C=O) groups excluding carboxylic acids is 1. The van der Waals surface area contributed by atoms with E-state index >= 15 is 0 Å². The number of nitrogens with one attached hydrogen (secondary N) is 2. The quantitative estimate of drug-likeness (QED) is 0.209. The predicted octanol–water partition coefficient (Wildman–Crippen LogP) is 6.96. The zero-order valence-corrected chi connectivity index (χ0v) is 22.6. The Morgan fingerprint density at radius 1 is 1.00 bits per heavy atom. The summed E-state index contributed by atoms with van der Waals surface area (Å²) in [5.41, 5.74) is 7.39. The Labute approximate surface area is 227 Å². The molecule has 0 spiro atoms. The average molecular weight is 521 g/mol. The maximum Gasteiger partial charge on any atom is 0.229 e. The molecular weight excluding hydrogens is 488 g/mol. The fraction of sp³-hybridized carbons (Fsp3) is 0.188. The zero-order valence-electron chi connectivity index (χ0n) is 21.8. The summed E-state index contributed by atoms with van der Waals surface area (Å²) in [5.74, 6) is -0.0129. The first kappa shape index (κ1) is 25.6. The predicted molar refractivity (Wildman–Crippen MR) is 159 cm³/mol. The third-order valence-electron chi connectivity index (χ3n) is 6.59. The number of fused-ring (bicyclic) bond motifs is 1. The number of anilines is 1. The van der Waals surface area contributed by atoms with Crippen LogP contribution >= 0.6 is 11.3 Å². The van der Waals surface area contributed by atoms with Gasteiger partial charge < -0.3 is 10.2 Å². The van der Waals surface area contributed by atoms with Crippen LogP contribution in [-0.2, 0) is 24.2 Å². The van der Waals surface area contributed by atoms with Crippen LogP contribution in [-0.4, -0.2) is 34.6 Å². The second-order valence-corrected chi connectivity index (χ2v) is 10.7. The van der Waals surface area contributed by atoms with Crippen LogP contribution in [0.4, 0.5) is 5.69 Å². The van der Waals surface area contributed by atoms with E-state index in [0.29, 0.717) is 6.42 Å². The minimum atomic E-state index is -0.0129. The number of hydrogen-bond acceptors (Lipinski definition) is 4. The average Bonchev–Trinajstić information content (AvgIpc) is 3.57. The third-order valence-corrected chi connectivity index (χ3v) is 7.46. The van der Waals surface area contributed by atoms with Gasteiger partial charge >= 0.3 is 0 Å². The molecule has 38 heavy (non-hydrogen) atoms. The van der Waals surface area contributed by atoms with Crippen molar-refractivity contribution in [2.75, 3.05) is 18.9 Å². The maximum atomic E-state index is 12.6. The van der Waals surface area contributed by atoms with Crippen LogP contribution in [0, 0.1) is 6.92 Å². The number of likely N-dealkylation sites (N-methyl/N-ethyl adjacent to an activating group) is 1. The second kappa shape index (κ2) is 12.0. The molecule has 0 bridgehead atoms. The van der Waals surface area contributed by atoms with Crippen molar-refractivity contribution in [2.45, 2.75) is 26.3 Å². The molecule has 0 saturated heterocycles. The summed E-state index contributed by atoms with van der Waals surface area (Å²) in [6, 6.07) is 27.2. The number of H-pyrrole nitrogens is 1. The van der Waals surface area contributed by atoms with Crippen LogP contribution in [0.2, 0.25) is 0 Å². The standard InChI is InChI=1S/C32H32N4OS/c1-23-18-31-28(21-30(23)33-32(37)20-27-12-7-17-38-27)29(34-35-31)14-13-25-10-6-11-26(19-25)22-36(2)16-15-24-8-4-3-5-9-24/h3-14,17-19,21H,15-16,20,22H2,1-2H3,(H,33,37)(H,34,35). The molecule has 6 heteroatoms. The highest BCUT2D eigenvalue weighted by Gasteiger charge is 2.11. The fourth-order valence-corrected chi connectivity index (χ4v) is 5.25. The van der Waals surface area contributed by atoms with E-state index in [4.69, 9.17) is 0 Å². The van der Waals surface area contributed by atoms with Crippen LogP contribution in [0.25, 0.3) is 23.1 Å². The van der Waals surface area contributed by atoms with Crippen LogP contribution in [0.1, 0.15) is 32.8 Å². The molecule has 2 aromatic heterocycles. The van der Waals surface area contributed by atoms with Crippen LogP contribution in [0.5, 0.6) is 0 Å². The molecule has 5 aromatic rings. The molecule has 0 radical (unpaired) electrons. The SMILES string of the molecule is Cc1cc2[nH]nc(C=Cc3cccc(CN(C)CCc4ccccc4)c3)c2cc1NC(=O)Cc1cccs1. The molecule has 2 N–H and O–H groups in total. The molecule has 2 heterocycles. The van der Waals surface area contributed by atoms with E-state index in [-0.39, 0.29) is 5.91 Å². The molecule has 0 unspecified atom stereocenters. The first-order chi connectivity index (χ1) is 18.5. The summed E-state index contributed by atoms with van der Waals surface area (Å²) >= 11 is 1.59. The summed E-state index contributed by atoms with van der Waals surface area (Å²) < 4.78 is 0. The number of aromatic nitrogens is 2. The highest BCUT2D eigenvalue weighted by atomic mass is 32.1. The van der Waals surface area contributed by atoms with Crippen LogP contribution in [0.3, 0.4) is 0 Å². The van der Waals surface area contributed by atoms with Gasteiger partial charge in [0, 0.05) is 29.0 Å². The van der Waals surface area contributed by atoms with Crippen molar-refractivity contribution in [3.63, 3.8) is 0 Å². The number of rotatable bonds is 10. The van der Waals surface area contributed by atoms with E-state index in [1.807, 2.05) is 42.6 Å². The highest BCUT2D eigenvalue weighted by Crippen LogP contribution is 2.26. The fourth-order valence-electron chi connectivity index (χ4n) is 4.55. The number of aromatic amines is 1. The third kappa shape index (κ3) is 6.65. The Balaban J connectivity index is 1.25. The van der Waals surface area contributed by atoms with E-state index in [0.717, 1.165) is 57.8 Å². The molecular formula is C32H32N4OS. The first-order valence-corrected chi connectivity index (χ1v) is 13.7. The Bertz CT molecular complexity index is 1540. The van der Waals surface area contributed by atoms with Gasteiger partial charge in [-0.05, 0) is 72.3 Å². The van der Waals surface area contributed by atoms with Gasteiger partial charge in [-0.3, -0.25) is 9.89 Å². The lowest BCUT2D eigenvalue weighted by Crippen LogP contribution is -2.20. The van der Waals surface area contributed by atoms with Gasteiger partial charge in [-0.1, -0.05) is 66.7 Å². The lowest BCUT2D eigenvalue weighted by Gasteiger charge is -2.17. The van der Waals surface area contributed by atoms with Crippen molar-refractivity contribution >= 4 is 46.0 Å². The van der Waals surface area contributed by atoms with E-state index in [1.54, 1.807) is 11.3 Å². The number of hydrogen-bond donors (Lipinski definition) is 2. The smallest absolute Gasteiger partial charge is 0.229 e. The Morgan fingerprint density at radius 2 is 1.84 bits per heavy atom. The molecule has 1 amide bonds. The molecule has 5 rings (SSSR count). The van der Waals surface area contributed by atoms with Crippen molar-refractivity contribution < 1.29 is 4.79 Å². The second-order valence-electron chi connectivity index (χ2n) is 9.68. The topological polar surface area (TPSA) is 61.0 Å². The van der Waals surface area contributed by atoms with E-state index in [1.165, 1.54) is 11.1 Å². The monoisotopic (exact) mass is 520 g/mol. The summed E-state index contributed by atoms with van der Waals surface area (Å²) in [6.45, 7) is 3.90. The molecule has 0 aliphatic carbocycles. The van der Waals surface area contributed by atoms with Crippen molar-refractivity contribution in [2.24, 2.45) is 0 Å². The van der Waals surface area contributed by atoms with Gasteiger partial charge in [0.1, 0.15) is 0 Å². The number of nitrogens with zero attached hydrogens (tertiary/aromatic N) is 2. The minimum Gasteiger partial charge on any atom is -0.326 e. The van der Waals surface area contributed by atoms with Crippen molar-refractivity contribution in [3.05, 3.63) is 117 Å². The number of thiophene rings is 1. The summed E-state index contributed by atoms with van der Waals surface area (Å²) in [6.07, 6.45) is 5.55. The number of benzene rings is 3. The van der Waals surface area contributed by atoms with Crippen LogP contribution in [0.15, 0.2) is 84.2 Å². The number of carbonyl (C=O) groups is 1. The zero-order chi connectivity index (χ0) is 26.3. The molecule has 0 saturated carbocycles. The van der Waals surface area contributed by atoms with Crippen molar-refractivity contribution in [1.82, 2.24) is 15.1 Å². The molecule has 0 atom stereocenters. The normalized spacial score (nSPS) is 11.6. The highest BCUT2D eigenvalue weighted by molar-refractivity contribution is 7.10. The summed E-state index contributed by atoms with van der Waals surface area (Å²) in [7, 11) is 2.17. The molecule has 192 valence electrons. The molecule has 3 aromatic carbocycles. The lowest BCUT2D eigenvalue weighted by molar-refractivity contribution is -0.115. The van der Waals surface area contributed by atoms with Gasteiger partial charge in [-0.2, -0.15) is 5.10 Å². The Hall–Kier alpha value is -4.00. The van der Waals surface area contributed by atoms with Gasteiger partial charge in [0.15, 0.2) is 0 Å². The number of amides is 1. The Kier molecular flexibility index (Phi) is 8.12. The van der Waals surface area contributed by atoms with Gasteiger partial charge in [0.25, 0.3) is 0 Å². The minimum absolute atomic E-state index is 0.0129. The van der Waals surface area contributed by atoms with E-state index in [9.17, 15) is 4.79 Å². The first-order valence-electron chi connectivity index (χ1n) is 12.8. The lowest BCUT2D eigenvalue weighted by atomic mass is 10.1. The van der Waals surface area contributed by atoms with Crippen molar-refractivity contribution in [1.29, 1.82) is 0 Å². The van der Waals surface area contributed by atoms with E-state index < -0.39 is 0 Å². The summed E-state index contributed by atoms with van der Waals surface area (Å²) in [4.78, 5) is 16.0. The van der Waals surface area contributed by atoms with Crippen molar-refractivity contribution in [3.8, 4) is 0 Å².